The summed E-state index contributed by atoms with van der Waals surface area (Å²) in [6, 6.07) is 0. The van der Waals surface area contributed by atoms with Crippen LogP contribution in [0.15, 0.2) is 11.6 Å². The summed E-state index contributed by atoms with van der Waals surface area (Å²) in [5, 5.41) is 0. The molecular weight excluding hydrogens is 115 g/mol. The number of rotatable bonds is 1. The van der Waals surface area contributed by atoms with Crippen LogP contribution in [0, 0.1) is 0 Å². The van der Waals surface area contributed by atoms with Gasteiger partial charge in [-0.25, -0.2) is 5.84 Å². The van der Waals surface area contributed by atoms with E-state index in [0.29, 0.717) is 0 Å². The number of halogens is 1. The number of amides is 1. The molecule has 0 bridgehead atoms. The van der Waals surface area contributed by atoms with Gasteiger partial charge in [-0.1, -0.05) is 11.6 Å². The van der Waals surface area contributed by atoms with Crippen LogP contribution in [0.4, 0.5) is 0 Å². The molecule has 0 aliphatic heterocycles. The molecule has 0 fully saturated rings. The van der Waals surface area contributed by atoms with E-state index in [0.717, 1.165) is 11.6 Å². The maximum atomic E-state index is 10.0. The highest BCUT2D eigenvalue weighted by molar-refractivity contribution is 6.26. The quantitative estimate of drug-likeness (QED) is 0.217. The Balaban J connectivity index is 3.37. The average molecular weight is 121 g/mol. The van der Waals surface area contributed by atoms with Crippen molar-refractivity contribution >= 4 is 17.5 Å². The molecule has 0 saturated heterocycles. The molecule has 0 radical (unpaired) electrons. The smallest absolute Gasteiger partial charge is 0.258 e. The molecule has 7 heavy (non-hydrogen) atoms. The minimum absolute atomic E-state index is 0.407. The summed E-state index contributed by atoms with van der Waals surface area (Å²) in [6.45, 7) is 0. The molecule has 40 valence electrons. The summed E-state index contributed by atoms with van der Waals surface area (Å²) in [5.74, 6) is 4.24. The van der Waals surface area contributed by atoms with Crippen molar-refractivity contribution in [1.82, 2.24) is 5.43 Å². The van der Waals surface area contributed by atoms with E-state index in [2.05, 4.69) is 5.84 Å². The molecule has 0 atom stereocenters. The van der Waals surface area contributed by atoms with E-state index in [1.165, 1.54) is 0 Å². The maximum absolute atomic E-state index is 10.0. The molecule has 3 nitrogen and oxygen atoms in total. The molecule has 0 spiro atoms. The number of hydrazine groups is 1. The summed E-state index contributed by atoms with van der Waals surface area (Å²) in [5.41, 5.74) is 2.94. The normalized spacial score (nSPS) is 9.43. The van der Waals surface area contributed by atoms with Gasteiger partial charge in [0.25, 0.3) is 5.91 Å². The molecule has 0 heterocycles. The number of nitrogens with two attached hydrogens (primary N) is 1. The van der Waals surface area contributed by atoms with Crippen molar-refractivity contribution in [1.29, 1.82) is 0 Å². The first-order valence-electron chi connectivity index (χ1n) is 1.58. The summed E-state index contributed by atoms with van der Waals surface area (Å²) in [6.07, 6.45) is 1.11. The fourth-order valence-electron chi connectivity index (χ4n) is 0.105. The van der Waals surface area contributed by atoms with E-state index in [4.69, 9.17) is 11.6 Å². The predicted molar refractivity (Wildman–Crippen MR) is 27.3 cm³/mol. The minimum Gasteiger partial charge on any atom is -0.291 e. The van der Waals surface area contributed by atoms with Crippen LogP contribution in [0.5, 0.6) is 0 Å². The van der Waals surface area contributed by atoms with Gasteiger partial charge < -0.3 is 0 Å². The highest BCUT2D eigenvalue weighted by Crippen LogP contribution is 1.74. The standard InChI is InChI=1S/C3H5ClN2O/c4-2-1-3(7)6-5/h1-2H,5H2,(H,6,7)/b2-1+. The molecule has 1 amide bonds. The monoisotopic (exact) mass is 120 g/mol. The molecular formula is C3H5ClN2O. The van der Waals surface area contributed by atoms with Gasteiger partial charge in [-0.3, -0.25) is 10.2 Å². The summed E-state index contributed by atoms with van der Waals surface area (Å²) in [4.78, 5) is 10.0. The van der Waals surface area contributed by atoms with Gasteiger partial charge in [0.15, 0.2) is 0 Å². The van der Waals surface area contributed by atoms with Gasteiger partial charge in [0.05, 0.1) is 0 Å². The number of carbonyl (C=O) groups excluding carboxylic acids is 1. The first-order chi connectivity index (χ1) is 3.31. The van der Waals surface area contributed by atoms with Gasteiger partial charge in [0, 0.05) is 11.6 Å². The zero-order valence-electron chi connectivity index (χ0n) is 3.52. The summed E-state index contributed by atoms with van der Waals surface area (Å²) in [7, 11) is 0. The fraction of sp³-hybridized carbons (Fsp3) is 0. The third-order valence-corrected chi connectivity index (χ3v) is 0.483. The number of hydrogen-bond acceptors (Lipinski definition) is 2. The molecule has 0 rings (SSSR count). The van der Waals surface area contributed by atoms with E-state index in [1.54, 1.807) is 0 Å². The summed E-state index contributed by atoms with van der Waals surface area (Å²) >= 11 is 4.98. The number of nitrogens with one attached hydrogen (secondary N) is 1. The molecule has 0 aliphatic rings. The van der Waals surface area contributed by atoms with E-state index in [9.17, 15) is 4.79 Å². The van der Waals surface area contributed by atoms with E-state index in [-0.39, 0.29) is 0 Å². The first-order valence-corrected chi connectivity index (χ1v) is 2.02. The lowest BCUT2D eigenvalue weighted by Gasteiger charge is -1.84. The van der Waals surface area contributed by atoms with Crippen molar-refractivity contribution in [3.63, 3.8) is 0 Å². The Kier molecular flexibility index (Phi) is 3.36. The lowest BCUT2D eigenvalue weighted by Crippen LogP contribution is -2.27. The predicted octanol–water partition coefficient (Wildman–Crippen LogP) is -0.271. The van der Waals surface area contributed by atoms with Crippen molar-refractivity contribution in [2.45, 2.75) is 0 Å². The Bertz CT molecular complexity index is 90.9. The van der Waals surface area contributed by atoms with Gasteiger partial charge in [-0.2, -0.15) is 0 Å². The van der Waals surface area contributed by atoms with Gasteiger partial charge in [-0.15, -0.1) is 0 Å². The van der Waals surface area contributed by atoms with Gasteiger partial charge in [0.2, 0.25) is 0 Å². The van der Waals surface area contributed by atoms with Crippen molar-refractivity contribution in [2.24, 2.45) is 5.84 Å². The second-order valence-electron chi connectivity index (χ2n) is 0.801. The lowest BCUT2D eigenvalue weighted by molar-refractivity contribution is -0.116. The van der Waals surface area contributed by atoms with E-state index >= 15 is 0 Å². The van der Waals surface area contributed by atoms with Crippen LogP contribution in [-0.2, 0) is 4.79 Å². The van der Waals surface area contributed by atoms with Crippen molar-refractivity contribution in [3.05, 3.63) is 11.6 Å². The van der Waals surface area contributed by atoms with Crippen molar-refractivity contribution < 1.29 is 4.79 Å². The third-order valence-electron chi connectivity index (χ3n) is 0.357. The maximum Gasteiger partial charge on any atom is 0.258 e. The van der Waals surface area contributed by atoms with Gasteiger partial charge >= 0.3 is 0 Å². The van der Waals surface area contributed by atoms with Gasteiger partial charge in [0.1, 0.15) is 0 Å². The molecule has 0 aromatic heterocycles. The second-order valence-corrected chi connectivity index (χ2v) is 1.05. The first kappa shape index (κ1) is 6.46. The van der Waals surface area contributed by atoms with Crippen LogP contribution < -0.4 is 11.3 Å². The topological polar surface area (TPSA) is 55.1 Å². The largest absolute Gasteiger partial charge is 0.291 e. The molecule has 0 unspecified atom stereocenters. The highest BCUT2D eigenvalue weighted by Gasteiger charge is 1.82. The van der Waals surface area contributed by atoms with Crippen LogP contribution in [0.1, 0.15) is 0 Å². The number of hydrogen-bond donors (Lipinski definition) is 2. The molecule has 3 N–H and O–H groups in total. The SMILES string of the molecule is NNC(=O)/C=C/Cl. The van der Waals surface area contributed by atoms with Crippen molar-refractivity contribution in [2.75, 3.05) is 0 Å². The highest BCUT2D eigenvalue weighted by atomic mass is 35.5. The zero-order chi connectivity index (χ0) is 5.70. The van der Waals surface area contributed by atoms with Gasteiger partial charge in [-0.05, 0) is 0 Å². The van der Waals surface area contributed by atoms with E-state index in [1.807, 2.05) is 5.43 Å². The molecule has 0 aromatic carbocycles. The summed E-state index contributed by atoms with van der Waals surface area (Å²) < 4.78 is 0. The Morgan fingerprint density at radius 3 is 2.57 bits per heavy atom. The van der Waals surface area contributed by atoms with Crippen LogP contribution in [0.3, 0.4) is 0 Å². The fourth-order valence-corrected chi connectivity index (χ4v) is 0.220. The second kappa shape index (κ2) is 3.64. The Labute approximate surface area is 46.1 Å². The molecule has 0 aliphatic carbocycles. The molecule has 0 saturated carbocycles. The lowest BCUT2D eigenvalue weighted by atomic mass is 10.6. The molecule has 4 heteroatoms. The van der Waals surface area contributed by atoms with Crippen LogP contribution in [0.2, 0.25) is 0 Å². The Morgan fingerprint density at radius 1 is 1.86 bits per heavy atom. The third kappa shape index (κ3) is 3.29. The van der Waals surface area contributed by atoms with E-state index < -0.39 is 5.91 Å². The Morgan fingerprint density at radius 2 is 2.43 bits per heavy atom. The Hall–Kier alpha value is -0.540. The van der Waals surface area contributed by atoms with Crippen LogP contribution >= 0.6 is 11.6 Å². The molecule has 0 aromatic rings. The minimum atomic E-state index is -0.407. The van der Waals surface area contributed by atoms with Crippen LogP contribution in [0.25, 0.3) is 0 Å². The average Bonchev–Trinajstić information content (AvgIpc) is 1.68. The van der Waals surface area contributed by atoms with Crippen LogP contribution in [-0.4, -0.2) is 5.91 Å². The zero-order valence-corrected chi connectivity index (χ0v) is 4.27. The number of carbonyl (C=O) groups is 1. The van der Waals surface area contributed by atoms with Crippen molar-refractivity contribution in [3.8, 4) is 0 Å².